The van der Waals surface area contributed by atoms with Gasteiger partial charge in [-0.2, -0.15) is 0 Å². The van der Waals surface area contributed by atoms with E-state index in [1.54, 1.807) is 20.8 Å². The van der Waals surface area contributed by atoms with Gasteiger partial charge in [0.15, 0.2) is 0 Å². The van der Waals surface area contributed by atoms with Gasteiger partial charge in [0.1, 0.15) is 16.4 Å². The van der Waals surface area contributed by atoms with Crippen LogP contribution in [0.5, 0.6) is 0 Å². The summed E-state index contributed by atoms with van der Waals surface area (Å²) in [6, 6.07) is 0.183. The van der Waals surface area contributed by atoms with Crippen molar-refractivity contribution in [1.29, 1.82) is 0 Å². The molecule has 0 saturated heterocycles. The minimum Gasteiger partial charge on any atom is -0.598 e. The topological polar surface area (TPSA) is 72.4 Å². The first kappa shape index (κ1) is 19.6. The Morgan fingerprint density at radius 1 is 1.46 bits per heavy atom. The molecule has 0 amide bonds. The van der Waals surface area contributed by atoms with Gasteiger partial charge in [-0.3, -0.25) is 4.79 Å². The first-order chi connectivity index (χ1) is 11.0. The zero-order valence-electron chi connectivity index (χ0n) is 13.7. The van der Waals surface area contributed by atoms with Crippen molar-refractivity contribution >= 4 is 33.3 Å². The standard InChI is InChI=1S/C16H20BrF2NO3S/c1-16(2,3)24(23)20-11(7-12(21)22)13-14(18)9(8-4-5-8)6-10(17)15(13)19/h6,8,11,20H,4-5,7H2,1-3H3,(H,21,22). The molecule has 2 atom stereocenters. The minimum atomic E-state index is -1.67. The van der Waals surface area contributed by atoms with E-state index in [0.29, 0.717) is 5.56 Å². The Morgan fingerprint density at radius 3 is 2.50 bits per heavy atom. The Kier molecular flexibility index (Phi) is 5.95. The fraction of sp³-hybridized carbons (Fsp3) is 0.562. The number of carbonyl (C=O) groups is 1. The summed E-state index contributed by atoms with van der Waals surface area (Å²) >= 11 is 1.40. The summed E-state index contributed by atoms with van der Waals surface area (Å²) in [5, 5.41) is 9.11. The molecule has 0 spiro atoms. The van der Waals surface area contributed by atoms with Gasteiger partial charge >= 0.3 is 5.97 Å². The highest BCUT2D eigenvalue weighted by Gasteiger charge is 2.36. The van der Waals surface area contributed by atoms with Crippen molar-refractivity contribution in [2.75, 3.05) is 0 Å². The number of carboxylic acid groups (broad SMARTS) is 1. The Hall–Kier alpha value is -0.700. The highest BCUT2D eigenvalue weighted by atomic mass is 79.9. The first-order valence-electron chi connectivity index (χ1n) is 7.59. The van der Waals surface area contributed by atoms with Crippen LogP contribution in [-0.4, -0.2) is 20.4 Å². The van der Waals surface area contributed by atoms with Gasteiger partial charge in [0.05, 0.1) is 16.9 Å². The van der Waals surface area contributed by atoms with E-state index in [-0.39, 0.29) is 16.0 Å². The molecule has 4 nitrogen and oxygen atoms in total. The largest absolute Gasteiger partial charge is 0.598 e. The highest BCUT2D eigenvalue weighted by Crippen LogP contribution is 2.44. The molecule has 134 valence electrons. The van der Waals surface area contributed by atoms with Gasteiger partial charge in [-0.15, -0.1) is 4.72 Å². The lowest BCUT2D eigenvalue weighted by Gasteiger charge is -2.28. The van der Waals surface area contributed by atoms with Crippen molar-refractivity contribution in [3.63, 3.8) is 0 Å². The molecule has 24 heavy (non-hydrogen) atoms. The molecule has 8 heteroatoms. The van der Waals surface area contributed by atoms with Crippen LogP contribution < -0.4 is 4.72 Å². The highest BCUT2D eigenvalue weighted by molar-refractivity contribution is 9.10. The van der Waals surface area contributed by atoms with Crippen molar-refractivity contribution < 1.29 is 23.2 Å². The van der Waals surface area contributed by atoms with Gasteiger partial charge in [-0.1, -0.05) is 0 Å². The van der Waals surface area contributed by atoms with E-state index < -0.39 is 46.2 Å². The SMILES string of the molecule is CC(C)(C)[S+]([O-])NC(CC(=O)O)c1c(F)c(Br)cc(C2CC2)c1F. The van der Waals surface area contributed by atoms with Crippen LogP contribution in [0.25, 0.3) is 0 Å². The molecule has 1 aromatic carbocycles. The van der Waals surface area contributed by atoms with Gasteiger partial charge in [0.25, 0.3) is 0 Å². The number of hydrogen-bond acceptors (Lipinski definition) is 3. The summed E-state index contributed by atoms with van der Waals surface area (Å²) in [6.07, 6.45) is 1.06. The van der Waals surface area contributed by atoms with Gasteiger partial charge in [-0.05, 0) is 67.1 Å². The lowest BCUT2D eigenvalue weighted by Crippen LogP contribution is -2.42. The summed E-state index contributed by atoms with van der Waals surface area (Å²) in [5.74, 6) is -2.81. The average molecular weight is 424 g/mol. The number of hydrogen-bond donors (Lipinski definition) is 2. The van der Waals surface area contributed by atoms with Crippen LogP contribution >= 0.6 is 15.9 Å². The van der Waals surface area contributed by atoms with E-state index in [9.17, 15) is 18.1 Å². The van der Waals surface area contributed by atoms with E-state index in [1.807, 2.05) is 0 Å². The maximum absolute atomic E-state index is 14.9. The second-order valence-corrected chi connectivity index (χ2v) is 9.77. The van der Waals surface area contributed by atoms with Crippen LogP contribution in [0.4, 0.5) is 8.78 Å². The summed E-state index contributed by atoms with van der Waals surface area (Å²) in [6.45, 7) is 5.07. The van der Waals surface area contributed by atoms with Gasteiger partial charge in [0.2, 0.25) is 0 Å². The molecule has 0 radical (unpaired) electrons. The number of carboxylic acids is 1. The summed E-state index contributed by atoms with van der Waals surface area (Å²) in [4.78, 5) is 11.2. The van der Waals surface area contributed by atoms with Crippen molar-refractivity contribution in [1.82, 2.24) is 4.72 Å². The Balaban J connectivity index is 2.47. The Labute approximate surface area is 151 Å². The molecule has 2 unspecified atom stereocenters. The third kappa shape index (κ3) is 4.47. The molecule has 0 aliphatic heterocycles. The smallest absolute Gasteiger partial charge is 0.305 e. The normalized spacial score (nSPS) is 17.6. The van der Waals surface area contributed by atoms with Crippen LogP contribution in [0, 0.1) is 11.6 Å². The number of halogens is 3. The number of benzene rings is 1. The van der Waals surface area contributed by atoms with E-state index in [2.05, 4.69) is 20.7 Å². The van der Waals surface area contributed by atoms with Crippen molar-refractivity contribution in [3.05, 3.63) is 33.3 Å². The molecule has 1 aliphatic carbocycles. The van der Waals surface area contributed by atoms with Crippen LogP contribution in [0.2, 0.25) is 0 Å². The third-order valence-corrected chi connectivity index (χ3v) is 5.96. The zero-order valence-corrected chi connectivity index (χ0v) is 16.1. The Morgan fingerprint density at radius 2 is 2.04 bits per heavy atom. The molecular weight excluding hydrogens is 404 g/mol. The van der Waals surface area contributed by atoms with Crippen molar-refractivity contribution in [3.8, 4) is 0 Å². The summed E-state index contributed by atoms with van der Waals surface area (Å²) in [5.41, 5.74) is 0.00304. The van der Waals surface area contributed by atoms with Crippen LogP contribution in [-0.2, 0) is 16.2 Å². The fourth-order valence-corrected chi connectivity index (χ4v) is 3.60. The molecule has 2 rings (SSSR count). The summed E-state index contributed by atoms with van der Waals surface area (Å²) < 4.78 is 43.7. The summed E-state index contributed by atoms with van der Waals surface area (Å²) in [7, 11) is 0. The molecular formula is C16H20BrF2NO3S. The van der Waals surface area contributed by atoms with Crippen molar-refractivity contribution in [2.24, 2.45) is 0 Å². The molecule has 0 bridgehead atoms. The zero-order chi connectivity index (χ0) is 18.2. The molecule has 2 N–H and O–H groups in total. The van der Waals surface area contributed by atoms with E-state index in [1.165, 1.54) is 6.07 Å². The van der Waals surface area contributed by atoms with Crippen LogP contribution in [0.15, 0.2) is 10.5 Å². The number of aliphatic carboxylic acids is 1. The molecule has 0 heterocycles. The van der Waals surface area contributed by atoms with E-state index in [4.69, 9.17) is 5.11 Å². The minimum absolute atomic E-state index is 0.0271. The lowest BCUT2D eigenvalue weighted by molar-refractivity contribution is -0.137. The molecule has 0 aromatic heterocycles. The van der Waals surface area contributed by atoms with E-state index >= 15 is 0 Å². The maximum Gasteiger partial charge on any atom is 0.305 e. The van der Waals surface area contributed by atoms with Crippen LogP contribution in [0.3, 0.4) is 0 Å². The monoisotopic (exact) mass is 423 g/mol. The maximum atomic E-state index is 14.9. The number of nitrogens with one attached hydrogen (secondary N) is 1. The molecule has 1 saturated carbocycles. The molecule has 1 aromatic rings. The van der Waals surface area contributed by atoms with Gasteiger partial charge in [-0.25, -0.2) is 8.78 Å². The quantitative estimate of drug-likeness (QED) is 0.531. The molecule has 1 aliphatic rings. The second-order valence-electron chi connectivity index (χ2n) is 6.91. The van der Waals surface area contributed by atoms with Gasteiger partial charge < -0.3 is 9.66 Å². The number of rotatable bonds is 6. The van der Waals surface area contributed by atoms with Crippen molar-refractivity contribution in [2.45, 2.75) is 56.7 Å². The fourth-order valence-electron chi connectivity index (χ4n) is 2.32. The van der Waals surface area contributed by atoms with Crippen LogP contribution in [0.1, 0.15) is 63.1 Å². The second kappa shape index (κ2) is 7.27. The van der Waals surface area contributed by atoms with E-state index in [0.717, 1.165) is 12.8 Å². The predicted molar refractivity (Wildman–Crippen MR) is 92.1 cm³/mol. The lowest BCUT2D eigenvalue weighted by atomic mass is 9.98. The predicted octanol–water partition coefficient (Wildman–Crippen LogP) is 4.17. The average Bonchev–Trinajstić information content (AvgIpc) is 3.25. The first-order valence-corrected chi connectivity index (χ1v) is 9.53. The Bertz CT molecular complexity index is 647. The molecule has 1 fully saturated rings. The van der Waals surface area contributed by atoms with Gasteiger partial charge in [0, 0.05) is 16.9 Å². The third-order valence-electron chi connectivity index (χ3n) is 3.77.